The van der Waals surface area contributed by atoms with Gasteiger partial charge in [0.15, 0.2) is 0 Å². The van der Waals surface area contributed by atoms with Gasteiger partial charge in [-0.3, -0.25) is 0 Å². The van der Waals surface area contributed by atoms with E-state index in [2.05, 4.69) is 4.98 Å². The molecule has 1 aliphatic rings. The van der Waals surface area contributed by atoms with E-state index in [1.807, 2.05) is 6.07 Å². The molecule has 3 nitrogen and oxygen atoms in total. The van der Waals surface area contributed by atoms with Crippen LogP contribution in [-0.4, -0.2) is 18.1 Å². The molecule has 1 saturated carbocycles. The van der Waals surface area contributed by atoms with Gasteiger partial charge in [0.2, 0.25) is 0 Å². The third-order valence-electron chi connectivity index (χ3n) is 2.71. The van der Waals surface area contributed by atoms with Gasteiger partial charge in [0, 0.05) is 13.1 Å². The van der Waals surface area contributed by atoms with E-state index in [0.29, 0.717) is 0 Å². The van der Waals surface area contributed by atoms with Crippen molar-refractivity contribution in [2.75, 3.05) is 11.9 Å². The van der Waals surface area contributed by atoms with Crippen LogP contribution >= 0.6 is 0 Å². The van der Waals surface area contributed by atoms with Gasteiger partial charge in [-0.05, 0) is 25.0 Å². The Hall–Kier alpha value is -1.77. The molecule has 0 aliphatic heterocycles. The smallest absolute Gasteiger partial charge is 0.356 e. The lowest BCUT2D eigenvalue weighted by atomic mass is 10.2. The first kappa shape index (κ1) is 11.7. The fourth-order valence-corrected chi connectivity index (χ4v) is 1.60. The summed E-state index contributed by atoms with van der Waals surface area (Å²) in [5, 5.41) is 8.87. The van der Waals surface area contributed by atoms with Gasteiger partial charge in [-0.25, -0.2) is 4.98 Å². The van der Waals surface area contributed by atoms with E-state index in [-0.39, 0.29) is 17.4 Å². The molecule has 1 aromatic heterocycles. The summed E-state index contributed by atoms with van der Waals surface area (Å²) >= 11 is 0. The summed E-state index contributed by atoms with van der Waals surface area (Å²) < 4.78 is 37.6. The molecule has 6 heteroatoms. The Morgan fingerprint density at radius 1 is 1.41 bits per heavy atom. The number of hydrogen-bond acceptors (Lipinski definition) is 3. The van der Waals surface area contributed by atoms with Crippen LogP contribution in [0.3, 0.4) is 0 Å². The van der Waals surface area contributed by atoms with Crippen LogP contribution in [0.5, 0.6) is 0 Å². The first-order chi connectivity index (χ1) is 7.93. The zero-order valence-electron chi connectivity index (χ0n) is 9.12. The Morgan fingerprint density at radius 2 is 2.06 bits per heavy atom. The number of nitriles is 1. The minimum absolute atomic E-state index is 0.116. The summed E-state index contributed by atoms with van der Waals surface area (Å²) in [6, 6.07) is 4.08. The zero-order valence-corrected chi connectivity index (χ0v) is 9.12. The molecule has 1 heterocycles. The molecule has 90 valence electrons. The number of nitrogens with zero attached hydrogens (tertiary/aromatic N) is 3. The van der Waals surface area contributed by atoms with Gasteiger partial charge in [-0.1, -0.05) is 0 Å². The monoisotopic (exact) mass is 241 g/mol. The lowest BCUT2D eigenvalue weighted by Gasteiger charge is -2.19. The van der Waals surface area contributed by atoms with Gasteiger partial charge in [0.1, 0.15) is 17.6 Å². The number of anilines is 1. The maximum absolute atomic E-state index is 12.5. The molecule has 0 aromatic carbocycles. The van der Waals surface area contributed by atoms with E-state index in [1.54, 1.807) is 11.9 Å². The maximum atomic E-state index is 12.5. The third kappa shape index (κ3) is 2.33. The Morgan fingerprint density at radius 3 is 2.53 bits per heavy atom. The largest absolute Gasteiger partial charge is 0.433 e. The van der Waals surface area contributed by atoms with Crippen molar-refractivity contribution >= 4 is 5.82 Å². The van der Waals surface area contributed by atoms with Crippen molar-refractivity contribution in [3.63, 3.8) is 0 Å². The average molecular weight is 241 g/mol. The Labute approximate surface area is 96.5 Å². The molecule has 17 heavy (non-hydrogen) atoms. The number of hydrogen-bond donors (Lipinski definition) is 0. The number of aromatic nitrogens is 1. The fourth-order valence-electron chi connectivity index (χ4n) is 1.60. The van der Waals surface area contributed by atoms with Crippen LogP contribution in [0, 0.1) is 11.3 Å². The SMILES string of the molecule is CN(c1nc(C(F)(F)F)ccc1C#N)C1CC1. The number of alkyl halides is 3. The topological polar surface area (TPSA) is 39.9 Å². The van der Waals surface area contributed by atoms with Crippen molar-refractivity contribution in [3.05, 3.63) is 23.4 Å². The number of rotatable bonds is 2. The molecule has 1 fully saturated rings. The molecule has 0 N–H and O–H groups in total. The molecule has 0 atom stereocenters. The highest BCUT2D eigenvalue weighted by Gasteiger charge is 2.35. The Bertz CT molecular complexity index is 472. The second-order valence-corrected chi connectivity index (χ2v) is 4.02. The average Bonchev–Trinajstić information content (AvgIpc) is 3.09. The van der Waals surface area contributed by atoms with Crippen LogP contribution in [0.4, 0.5) is 19.0 Å². The molecule has 2 rings (SSSR count). The van der Waals surface area contributed by atoms with Crippen molar-refractivity contribution in [1.29, 1.82) is 5.26 Å². The summed E-state index contributed by atoms with van der Waals surface area (Å²) in [5.74, 6) is 0.116. The van der Waals surface area contributed by atoms with Crippen molar-refractivity contribution in [1.82, 2.24) is 4.98 Å². The normalized spacial score (nSPS) is 15.5. The lowest BCUT2D eigenvalue weighted by molar-refractivity contribution is -0.141. The molecule has 0 spiro atoms. The second-order valence-electron chi connectivity index (χ2n) is 4.02. The molecule has 0 saturated heterocycles. The van der Waals surface area contributed by atoms with Crippen molar-refractivity contribution in [2.45, 2.75) is 25.1 Å². The van der Waals surface area contributed by atoms with E-state index in [4.69, 9.17) is 5.26 Å². The zero-order chi connectivity index (χ0) is 12.6. The quantitative estimate of drug-likeness (QED) is 0.798. The second kappa shape index (κ2) is 3.91. The van der Waals surface area contributed by atoms with Crippen LogP contribution < -0.4 is 4.90 Å². The van der Waals surface area contributed by atoms with Gasteiger partial charge in [0.05, 0.1) is 5.56 Å². The maximum Gasteiger partial charge on any atom is 0.433 e. The van der Waals surface area contributed by atoms with Crippen molar-refractivity contribution < 1.29 is 13.2 Å². The van der Waals surface area contributed by atoms with Crippen LogP contribution in [0.25, 0.3) is 0 Å². The standard InChI is InChI=1S/C11H10F3N3/c1-17(8-3-4-8)10-7(6-15)2-5-9(16-10)11(12,13)14/h2,5,8H,3-4H2,1H3. The molecule has 1 aromatic rings. The summed E-state index contributed by atoms with van der Waals surface area (Å²) in [6.07, 6.45) is -2.62. The predicted molar refractivity (Wildman–Crippen MR) is 55.4 cm³/mol. The molecule has 0 unspecified atom stereocenters. The Balaban J connectivity index is 2.43. The van der Waals surface area contributed by atoms with E-state index in [0.717, 1.165) is 18.9 Å². The van der Waals surface area contributed by atoms with Gasteiger partial charge < -0.3 is 4.90 Å². The highest BCUT2D eigenvalue weighted by Crippen LogP contribution is 2.34. The molecular formula is C11H10F3N3. The summed E-state index contributed by atoms with van der Waals surface area (Å²) in [5.41, 5.74) is -0.786. The van der Waals surface area contributed by atoms with Crippen LogP contribution in [0.15, 0.2) is 12.1 Å². The molecular weight excluding hydrogens is 231 g/mol. The van der Waals surface area contributed by atoms with Gasteiger partial charge >= 0.3 is 6.18 Å². The van der Waals surface area contributed by atoms with Gasteiger partial charge in [0.25, 0.3) is 0 Å². The van der Waals surface area contributed by atoms with E-state index in [1.165, 1.54) is 6.07 Å². The Kier molecular flexibility index (Phi) is 2.69. The predicted octanol–water partition coefficient (Wildman–Crippen LogP) is 2.57. The first-order valence-electron chi connectivity index (χ1n) is 5.14. The summed E-state index contributed by atoms with van der Waals surface area (Å²) in [4.78, 5) is 5.20. The van der Waals surface area contributed by atoms with Crippen LogP contribution in [-0.2, 0) is 6.18 Å². The number of halogens is 3. The van der Waals surface area contributed by atoms with Crippen molar-refractivity contribution in [2.24, 2.45) is 0 Å². The van der Waals surface area contributed by atoms with E-state index < -0.39 is 11.9 Å². The third-order valence-corrected chi connectivity index (χ3v) is 2.71. The van der Waals surface area contributed by atoms with Gasteiger partial charge in [-0.2, -0.15) is 18.4 Å². The van der Waals surface area contributed by atoms with Crippen LogP contribution in [0.1, 0.15) is 24.1 Å². The minimum Gasteiger partial charge on any atom is -0.356 e. The van der Waals surface area contributed by atoms with Crippen molar-refractivity contribution in [3.8, 4) is 6.07 Å². The minimum atomic E-state index is -4.48. The number of pyridine rings is 1. The van der Waals surface area contributed by atoms with Gasteiger partial charge in [-0.15, -0.1) is 0 Å². The first-order valence-corrected chi connectivity index (χ1v) is 5.14. The van der Waals surface area contributed by atoms with E-state index in [9.17, 15) is 13.2 Å². The molecule has 0 radical (unpaired) electrons. The summed E-state index contributed by atoms with van der Waals surface area (Å²) in [6.45, 7) is 0. The highest BCUT2D eigenvalue weighted by atomic mass is 19.4. The molecule has 0 amide bonds. The molecule has 1 aliphatic carbocycles. The van der Waals surface area contributed by atoms with E-state index >= 15 is 0 Å². The highest BCUT2D eigenvalue weighted by molar-refractivity contribution is 5.55. The summed E-state index contributed by atoms with van der Waals surface area (Å²) in [7, 11) is 1.67. The lowest BCUT2D eigenvalue weighted by Crippen LogP contribution is -2.23. The van der Waals surface area contributed by atoms with Crippen LogP contribution in [0.2, 0.25) is 0 Å². The molecule has 0 bridgehead atoms. The fraction of sp³-hybridized carbons (Fsp3) is 0.455.